The first kappa shape index (κ1) is 26.7. The summed E-state index contributed by atoms with van der Waals surface area (Å²) in [6, 6.07) is 9.19. The minimum atomic E-state index is -1.26. The number of anilines is 1. The van der Waals surface area contributed by atoms with Crippen LogP contribution in [0.1, 0.15) is 48.1 Å². The van der Waals surface area contributed by atoms with Crippen LogP contribution in [0.15, 0.2) is 54.1 Å². The Morgan fingerprint density at radius 3 is 2.21 bits per heavy atom. The number of aliphatic hydroxyl groups is 1. The Bertz CT molecular complexity index is 1480. The third kappa shape index (κ3) is 4.44. The standard InChI is InChI=1S/C29H27F2NO6/c1-14(2)18-13-19(15(3)10-24(18)38-5)27(34)25-26(16-6-9-23(37-4)22(33)11-16)32(29(36)28(25)35)17-7-8-20(30)21(31)12-17/h6-14,26,33-34H,1-5H3/b27-25+. The number of hydrogen-bond donors (Lipinski definition) is 2. The van der Waals surface area contributed by atoms with E-state index < -0.39 is 35.1 Å². The number of nitrogens with zero attached hydrogens (tertiary/aromatic N) is 1. The molecule has 0 radical (unpaired) electrons. The molecule has 3 aromatic rings. The van der Waals surface area contributed by atoms with E-state index in [-0.39, 0.29) is 34.2 Å². The first-order valence-corrected chi connectivity index (χ1v) is 11.8. The van der Waals surface area contributed by atoms with Gasteiger partial charge in [0, 0.05) is 17.3 Å². The van der Waals surface area contributed by atoms with Crippen LogP contribution in [0.4, 0.5) is 14.5 Å². The number of ether oxygens (including phenoxy) is 2. The van der Waals surface area contributed by atoms with Crippen molar-refractivity contribution in [1.29, 1.82) is 0 Å². The molecule has 0 saturated carbocycles. The molecule has 1 unspecified atom stereocenters. The third-order valence-electron chi connectivity index (χ3n) is 6.60. The monoisotopic (exact) mass is 523 g/mol. The fourth-order valence-electron chi connectivity index (χ4n) is 4.65. The summed E-state index contributed by atoms with van der Waals surface area (Å²) in [4.78, 5) is 27.7. The minimum absolute atomic E-state index is 0.0102. The van der Waals surface area contributed by atoms with Gasteiger partial charge in [0.15, 0.2) is 23.1 Å². The molecule has 0 aliphatic carbocycles. The maximum Gasteiger partial charge on any atom is 0.300 e. The molecule has 1 heterocycles. The van der Waals surface area contributed by atoms with Crippen LogP contribution in [-0.4, -0.2) is 36.1 Å². The van der Waals surface area contributed by atoms with Gasteiger partial charge in [0.2, 0.25) is 0 Å². The first-order valence-electron chi connectivity index (χ1n) is 11.8. The average molecular weight is 524 g/mol. The zero-order valence-corrected chi connectivity index (χ0v) is 21.5. The van der Waals surface area contributed by atoms with Gasteiger partial charge in [-0.25, -0.2) is 8.78 Å². The van der Waals surface area contributed by atoms with Crippen molar-refractivity contribution < 1.29 is 38.1 Å². The lowest BCUT2D eigenvalue weighted by Crippen LogP contribution is -2.29. The highest BCUT2D eigenvalue weighted by Crippen LogP contribution is 2.45. The molecule has 1 fully saturated rings. The first-order chi connectivity index (χ1) is 18.0. The number of carbonyl (C=O) groups is 2. The number of benzene rings is 3. The Balaban J connectivity index is 2.01. The number of carbonyl (C=O) groups excluding carboxylic acids is 2. The minimum Gasteiger partial charge on any atom is -0.507 e. The summed E-state index contributed by atoms with van der Waals surface area (Å²) in [6.07, 6.45) is 0. The Kier molecular flexibility index (Phi) is 7.13. The van der Waals surface area contributed by atoms with Gasteiger partial charge >= 0.3 is 0 Å². The van der Waals surface area contributed by atoms with E-state index in [0.717, 1.165) is 28.7 Å². The van der Waals surface area contributed by atoms with Gasteiger partial charge in [-0.1, -0.05) is 19.9 Å². The summed E-state index contributed by atoms with van der Waals surface area (Å²) in [5.74, 6) is -4.37. The molecule has 0 spiro atoms. The molecule has 1 saturated heterocycles. The SMILES string of the molecule is COc1ccc(C2/C(=C(\O)c3cc(C(C)C)c(OC)cc3C)C(=O)C(=O)N2c2ccc(F)c(F)c2)cc1O. The molecular weight excluding hydrogens is 496 g/mol. The van der Waals surface area contributed by atoms with Gasteiger partial charge < -0.3 is 19.7 Å². The normalized spacial score (nSPS) is 16.8. The molecule has 7 nitrogen and oxygen atoms in total. The van der Waals surface area contributed by atoms with E-state index in [2.05, 4.69) is 0 Å². The number of rotatable bonds is 6. The summed E-state index contributed by atoms with van der Waals surface area (Å²) < 4.78 is 38.5. The largest absolute Gasteiger partial charge is 0.507 e. The molecule has 38 heavy (non-hydrogen) atoms. The van der Waals surface area contributed by atoms with Crippen molar-refractivity contribution in [3.63, 3.8) is 0 Å². The van der Waals surface area contributed by atoms with Crippen LogP contribution < -0.4 is 14.4 Å². The van der Waals surface area contributed by atoms with Crippen LogP contribution in [-0.2, 0) is 9.59 Å². The van der Waals surface area contributed by atoms with Gasteiger partial charge in [0.05, 0.1) is 25.8 Å². The van der Waals surface area contributed by atoms with Crippen molar-refractivity contribution in [3.05, 3.63) is 88.0 Å². The summed E-state index contributed by atoms with van der Waals surface area (Å²) in [5.41, 5.74) is 1.53. The molecule has 1 aliphatic heterocycles. The van der Waals surface area contributed by atoms with Crippen LogP contribution in [0, 0.1) is 18.6 Å². The van der Waals surface area contributed by atoms with Crippen LogP contribution in [0.5, 0.6) is 17.2 Å². The number of Topliss-reactive ketones (excluding diaryl/α,β-unsaturated/α-hetero) is 1. The summed E-state index contributed by atoms with van der Waals surface area (Å²) in [5, 5.41) is 22.0. The Morgan fingerprint density at radius 2 is 1.63 bits per heavy atom. The van der Waals surface area contributed by atoms with Gasteiger partial charge in [-0.3, -0.25) is 14.5 Å². The quantitative estimate of drug-likeness (QED) is 0.243. The fraction of sp³-hybridized carbons (Fsp3) is 0.241. The number of halogens is 2. The summed E-state index contributed by atoms with van der Waals surface area (Å²) >= 11 is 0. The number of hydrogen-bond acceptors (Lipinski definition) is 6. The number of methoxy groups -OCH3 is 2. The molecule has 3 aromatic carbocycles. The van der Waals surface area contributed by atoms with Gasteiger partial charge in [-0.2, -0.15) is 0 Å². The number of phenolic OH excluding ortho intramolecular Hbond substituents is 1. The summed E-state index contributed by atoms with van der Waals surface area (Å²) in [6.45, 7) is 5.61. The average Bonchev–Trinajstić information content (AvgIpc) is 3.15. The molecule has 9 heteroatoms. The van der Waals surface area contributed by atoms with Crippen molar-refractivity contribution >= 4 is 23.1 Å². The smallest absolute Gasteiger partial charge is 0.300 e. The van der Waals surface area contributed by atoms with Crippen LogP contribution in [0.2, 0.25) is 0 Å². The molecule has 2 N–H and O–H groups in total. The zero-order chi connectivity index (χ0) is 27.9. The second-order valence-corrected chi connectivity index (χ2v) is 9.26. The second kappa shape index (κ2) is 10.2. The fourth-order valence-corrected chi connectivity index (χ4v) is 4.65. The Labute approximate surface area is 218 Å². The molecule has 1 atom stereocenters. The molecule has 0 aromatic heterocycles. The molecule has 198 valence electrons. The topological polar surface area (TPSA) is 96.3 Å². The van der Waals surface area contributed by atoms with Gasteiger partial charge in [0.25, 0.3) is 11.7 Å². The highest BCUT2D eigenvalue weighted by Gasteiger charge is 2.47. The molecule has 1 amide bonds. The van der Waals surface area contributed by atoms with E-state index in [1.807, 2.05) is 13.8 Å². The highest BCUT2D eigenvalue weighted by molar-refractivity contribution is 6.51. The third-order valence-corrected chi connectivity index (χ3v) is 6.60. The van der Waals surface area contributed by atoms with Crippen molar-refractivity contribution in [1.82, 2.24) is 0 Å². The summed E-state index contributed by atoms with van der Waals surface area (Å²) in [7, 11) is 2.89. The van der Waals surface area contributed by atoms with E-state index in [1.165, 1.54) is 32.4 Å². The van der Waals surface area contributed by atoms with Gasteiger partial charge in [0.1, 0.15) is 11.5 Å². The molecule has 0 bridgehead atoms. The number of aliphatic hydroxyl groups excluding tert-OH is 1. The zero-order valence-electron chi connectivity index (χ0n) is 21.5. The maximum absolute atomic E-state index is 14.2. The number of aromatic hydroxyl groups is 1. The highest BCUT2D eigenvalue weighted by atomic mass is 19.2. The van der Waals surface area contributed by atoms with Crippen LogP contribution in [0.3, 0.4) is 0 Å². The lowest BCUT2D eigenvalue weighted by molar-refractivity contribution is -0.132. The lowest BCUT2D eigenvalue weighted by atomic mass is 9.91. The molecule has 1 aliphatic rings. The van der Waals surface area contributed by atoms with Crippen molar-refractivity contribution in [2.24, 2.45) is 0 Å². The van der Waals surface area contributed by atoms with Crippen LogP contribution in [0.25, 0.3) is 5.76 Å². The van der Waals surface area contributed by atoms with Crippen molar-refractivity contribution in [3.8, 4) is 17.2 Å². The van der Waals surface area contributed by atoms with E-state index in [1.54, 1.807) is 19.1 Å². The number of ketones is 1. The van der Waals surface area contributed by atoms with Crippen LogP contribution >= 0.6 is 0 Å². The number of phenols is 1. The number of amides is 1. The van der Waals surface area contributed by atoms with E-state index in [9.17, 15) is 28.6 Å². The van der Waals surface area contributed by atoms with Crippen molar-refractivity contribution in [2.45, 2.75) is 32.7 Å². The van der Waals surface area contributed by atoms with Gasteiger partial charge in [-0.05, 0) is 65.9 Å². The van der Waals surface area contributed by atoms with E-state index in [4.69, 9.17) is 9.47 Å². The molecular formula is C29H27F2NO6. The second-order valence-electron chi connectivity index (χ2n) is 9.26. The predicted molar refractivity (Wildman–Crippen MR) is 138 cm³/mol. The Hall–Kier alpha value is -4.40. The molecule has 4 rings (SSSR count). The lowest BCUT2D eigenvalue weighted by Gasteiger charge is -2.26. The van der Waals surface area contributed by atoms with Gasteiger partial charge in [-0.15, -0.1) is 0 Å². The maximum atomic E-state index is 14.2. The van der Waals surface area contributed by atoms with E-state index in [0.29, 0.717) is 16.9 Å². The number of aryl methyl sites for hydroxylation is 1. The van der Waals surface area contributed by atoms with Crippen molar-refractivity contribution in [2.75, 3.05) is 19.1 Å². The Morgan fingerprint density at radius 1 is 0.947 bits per heavy atom. The predicted octanol–water partition coefficient (Wildman–Crippen LogP) is 5.75. The van der Waals surface area contributed by atoms with E-state index >= 15 is 0 Å².